The summed E-state index contributed by atoms with van der Waals surface area (Å²) in [5, 5.41) is 11.2. The molecule has 0 spiro atoms. The number of aliphatic carboxylic acids is 1. The topological polar surface area (TPSA) is 66.4 Å². The standard InChI is InChI=1S/C18H27NO3S/c20-17(12-13-18(21)22)19-14-8-4-2-1-3-5-9-15-10-6-7-11-16(15)23/h6-7,10-11,23H,1-5,8-9,12-14H2,(H,19,20)(H,21,22). The van der Waals surface area contributed by atoms with Gasteiger partial charge in [-0.05, 0) is 30.9 Å². The van der Waals surface area contributed by atoms with Crippen LogP contribution in [0.5, 0.6) is 0 Å². The highest BCUT2D eigenvalue weighted by molar-refractivity contribution is 7.80. The fourth-order valence-electron chi connectivity index (χ4n) is 2.41. The van der Waals surface area contributed by atoms with Crippen LogP contribution in [0.2, 0.25) is 0 Å². The second-order valence-electron chi connectivity index (χ2n) is 5.74. The highest BCUT2D eigenvalue weighted by Crippen LogP contribution is 2.16. The fourth-order valence-corrected chi connectivity index (χ4v) is 2.68. The molecule has 1 amide bonds. The Bertz CT molecular complexity index is 491. The van der Waals surface area contributed by atoms with E-state index in [-0.39, 0.29) is 18.7 Å². The lowest BCUT2D eigenvalue weighted by Gasteiger charge is -2.06. The molecule has 0 aliphatic rings. The zero-order valence-corrected chi connectivity index (χ0v) is 14.5. The smallest absolute Gasteiger partial charge is 0.303 e. The fraction of sp³-hybridized carbons (Fsp3) is 0.556. The van der Waals surface area contributed by atoms with E-state index in [1.807, 2.05) is 12.1 Å². The number of carbonyl (C=O) groups excluding carboxylic acids is 1. The van der Waals surface area contributed by atoms with Crippen LogP contribution in [0.15, 0.2) is 29.2 Å². The Morgan fingerprint density at radius 2 is 1.61 bits per heavy atom. The summed E-state index contributed by atoms with van der Waals surface area (Å²) in [7, 11) is 0. The molecular formula is C18H27NO3S. The normalized spacial score (nSPS) is 10.5. The molecule has 0 aliphatic carbocycles. The van der Waals surface area contributed by atoms with E-state index in [0.29, 0.717) is 6.54 Å². The number of unbranched alkanes of at least 4 members (excludes halogenated alkanes) is 5. The summed E-state index contributed by atoms with van der Waals surface area (Å²) in [6.07, 6.45) is 7.90. The van der Waals surface area contributed by atoms with Crippen LogP contribution in [-0.4, -0.2) is 23.5 Å². The number of thiol groups is 1. The van der Waals surface area contributed by atoms with Crippen LogP contribution >= 0.6 is 12.6 Å². The second kappa shape index (κ2) is 12.0. The molecule has 0 bridgehead atoms. The molecule has 1 aromatic carbocycles. The first-order valence-electron chi connectivity index (χ1n) is 8.35. The second-order valence-corrected chi connectivity index (χ2v) is 6.23. The molecule has 0 radical (unpaired) electrons. The van der Waals surface area contributed by atoms with Crippen molar-refractivity contribution in [2.45, 2.75) is 62.7 Å². The van der Waals surface area contributed by atoms with Crippen molar-refractivity contribution in [3.63, 3.8) is 0 Å². The monoisotopic (exact) mass is 337 g/mol. The summed E-state index contributed by atoms with van der Waals surface area (Å²) in [6.45, 7) is 0.644. The molecule has 0 saturated heterocycles. The van der Waals surface area contributed by atoms with Gasteiger partial charge in [0.05, 0.1) is 6.42 Å². The quantitative estimate of drug-likeness (QED) is 0.401. The van der Waals surface area contributed by atoms with Crippen molar-refractivity contribution in [1.29, 1.82) is 0 Å². The largest absolute Gasteiger partial charge is 0.481 e. The first-order valence-corrected chi connectivity index (χ1v) is 8.79. The van der Waals surface area contributed by atoms with Gasteiger partial charge in [-0.3, -0.25) is 9.59 Å². The maximum Gasteiger partial charge on any atom is 0.303 e. The van der Waals surface area contributed by atoms with Crippen molar-refractivity contribution < 1.29 is 14.7 Å². The molecule has 0 fully saturated rings. The first kappa shape index (κ1) is 19.6. The lowest BCUT2D eigenvalue weighted by atomic mass is 10.0. The van der Waals surface area contributed by atoms with Gasteiger partial charge in [-0.15, -0.1) is 12.6 Å². The Balaban J connectivity index is 1.91. The third-order valence-electron chi connectivity index (χ3n) is 3.75. The van der Waals surface area contributed by atoms with Crippen LogP contribution in [0.25, 0.3) is 0 Å². The molecular weight excluding hydrogens is 310 g/mol. The van der Waals surface area contributed by atoms with Gasteiger partial charge in [0.15, 0.2) is 0 Å². The summed E-state index contributed by atoms with van der Waals surface area (Å²) < 4.78 is 0. The minimum absolute atomic E-state index is 0.0714. The highest BCUT2D eigenvalue weighted by Gasteiger charge is 2.04. The van der Waals surface area contributed by atoms with E-state index in [9.17, 15) is 9.59 Å². The van der Waals surface area contributed by atoms with Crippen LogP contribution in [0.4, 0.5) is 0 Å². The van der Waals surface area contributed by atoms with Gasteiger partial charge in [0.25, 0.3) is 0 Å². The number of amides is 1. The van der Waals surface area contributed by atoms with Crippen molar-refractivity contribution >= 4 is 24.5 Å². The summed E-state index contributed by atoms with van der Waals surface area (Å²) in [4.78, 5) is 22.7. The number of rotatable bonds is 12. The van der Waals surface area contributed by atoms with Gasteiger partial charge < -0.3 is 10.4 Å². The molecule has 0 heterocycles. The lowest BCUT2D eigenvalue weighted by molar-refractivity contribution is -0.138. The molecule has 0 atom stereocenters. The summed E-state index contributed by atoms with van der Waals surface area (Å²) in [5.74, 6) is -1.10. The maximum atomic E-state index is 11.3. The molecule has 0 unspecified atom stereocenters. The molecule has 0 saturated carbocycles. The van der Waals surface area contributed by atoms with Crippen LogP contribution in [0, 0.1) is 0 Å². The Hall–Kier alpha value is -1.49. The van der Waals surface area contributed by atoms with Gasteiger partial charge in [0, 0.05) is 17.9 Å². The third-order valence-corrected chi connectivity index (χ3v) is 4.19. The SMILES string of the molecule is O=C(O)CCC(=O)NCCCCCCCCc1ccccc1S. The first-order chi connectivity index (χ1) is 11.1. The number of benzene rings is 1. The molecule has 2 N–H and O–H groups in total. The third kappa shape index (κ3) is 10.00. The van der Waals surface area contributed by atoms with Gasteiger partial charge in [-0.1, -0.05) is 43.9 Å². The van der Waals surface area contributed by atoms with Crippen molar-refractivity contribution in [2.75, 3.05) is 6.54 Å². The molecule has 1 aromatic rings. The van der Waals surface area contributed by atoms with Crippen LogP contribution in [0.3, 0.4) is 0 Å². The molecule has 128 valence electrons. The zero-order chi connectivity index (χ0) is 16.9. The maximum absolute atomic E-state index is 11.3. The average molecular weight is 337 g/mol. The predicted octanol–water partition coefficient (Wildman–Crippen LogP) is 3.84. The number of carboxylic acid groups (broad SMARTS) is 1. The van der Waals surface area contributed by atoms with Gasteiger partial charge in [-0.2, -0.15) is 0 Å². The van der Waals surface area contributed by atoms with Crippen LogP contribution in [0.1, 0.15) is 56.9 Å². The van der Waals surface area contributed by atoms with Gasteiger partial charge in [-0.25, -0.2) is 0 Å². The summed E-state index contributed by atoms with van der Waals surface area (Å²) >= 11 is 4.46. The number of carbonyl (C=O) groups is 2. The van der Waals surface area contributed by atoms with E-state index < -0.39 is 5.97 Å². The molecule has 23 heavy (non-hydrogen) atoms. The number of carboxylic acids is 1. The molecule has 0 aromatic heterocycles. The number of hydrogen-bond donors (Lipinski definition) is 3. The van der Waals surface area contributed by atoms with Crippen LogP contribution < -0.4 is 5.32 Å². The van der Waals surface area contributed by atoms with E-state index in [4.69, 9.17) is 5.11 Å². The van der Waals surface area contributed by atoms with Crippen molar-refractivity contribution in [3.05, 3.63) is 29.8 Å². The van der Waals surface area contributed by atoms with E-state index in [1.54, 1.807) is 0 Å². The molecule has 0 aliphatic heterocycles. The van der Waals surface area contributed by atoms with E-state index in [0.717, 1.165) is 24.2 Å². The van der Waals surface area contributed by atoms with Crippen molar-refractivity contribution in [3.8, 4) is 0 Å². The van der Waals surface area contributed by atoms with E-state index >= 15 is 0 Å². The molecule has 4 nitrogen and oxygen atoms in total. The van der Waals surface area contributed by atoms with Gasteiger partial charge in [0.1, 0.15) is 0 Å². The van der Waals surface area contributed by atoms with E-state index in [1.165, 1.54) is 31.2 Å². The highest BCUT2D eigenvalue weighted by atomic mass is 32.1. The van der Waals surface area contributed by atoms with Crippen LogP contribution in [-0.2, 0) is 16.0 Å². The van der Waals surface area contributed by atoms with E-state index in [2.05, 4.69) is 30.1 Å². The Morgan fingerprint density at radius 3 is 2.30 bits per heavy atom. The Morgan fingerprint density at radius 1 is 0.957 bits per heavy atom. The lowest BCUT2D eigenvalue weighted by Crippen LogP contribution is -2.24. The minimum Gasteiger partial charge on any atom is -0.481 e. The average Bonchev–Trinajstić information content (AvgIpc) is 2.53. The molecule has 1 rings (SSSR count). The predicted molar refractivity (Wildman–Crippen MR) is 95.0 cm³/mol. The van der Waals surface area contributed by atoms with Gasteiger partial charge in [0.2, 0.25) is 5.91 Å². The summed E-state index contributed by atoms with van der Waals surface area (Å²) in [6, 6.07) is 8.23. The van der Waals surface area contributed by atoms with Crippen molar-refractivity contribution in [1.82, 2.24) is 5.32 Å². The Labute approximate surface area is 144 Å². The Kier molecular flexibility index (Phi) is 10.2. The number of nitrogens with one attached hydrogen (secondary N) is 1. The zero-order valence-electron chi connectivity index (χ0n) is 13.6. The number of hydrogen-bond acceptors (Lipinski definition) is 3. The van der Waals surface area contributed by atoms with Gasteiger partial charge >= 0.3 is 5.97 Å². The summed E-state index contributed by atoms with van der Waals surface area (Å²) in [5.41, 5.74) is 1.32. The number of aryl methyl sites for hydroxylation is 1. The van der Waals surface area contributed by atoms with Crippen molar-refractivity contribution in [2.24, 2.45) is 0 Å². The minimum atomic E-state index is -0.930. The molecule has 5 heteroatoms.